The van der Waals surface area contributed by atoms with E-state index in [1.165, 1.54) is 0 Å². The molecule has 18 heavy (non-hydrogen) atoms. The number of benzene rings is 1. The van der Waals surface area contributed by atoms with Crippen molar-refractivity contribution in [3.8, 4) is 11.5 Å². The Morgan fingerprint density at radius 3 is 2.67 bits per heavy atom. The van der Waals surface area contributed by atoms with Crippen LogP contribution in [0.25, 0.3) is 0 Å². The molecule has 0 saturated carbocycles. The summed E-state index contributed by atoms with van der Waals surface area (Å²) in [6.45, 7) is 2.66. The summed E-state index contributed by atoms with van der Waals surface area (Å²) in [5, 5.41) is 3.80. The van der Waals surface area contributed by atoms with Crippen LogP contribution in [0.1, 0.15) is 11.3 Å². The summed E-state index contributed by atoms with van der Waals surface area (Å²) in [4.78, 5) is 4.27. The molecule has 0 bridgehead atoms. The summed E-state index contributed by atoms with van der Waals surface area (Å²) in [7, 11) is 1.89. The molecule has 3 nitrogen and oxygen atoms in total. The van der Waals surface area contributed by atoms with Crippen LogP contribution in [0, 0.1) is 6.92 Å². The Labute approximate surface area is 112 Å². The predicted octanol–water partition coefficient (Wildman–Crippen LogP) is 3.56. The third-order valence-corrected chi connectivity index (χ3v) is 2.74. The lowest BCUT2D eigenvalue weighted by molar-refractivity contribution is 0.472. The average Bonchev–Trinajstić information content (AvgIpc) is 2.36. The zero-order chi connectivity index (χ0) is 13.0. The number of ether oxygens (including phenoxy) is 1. The van der Waals surface area contributed by atoms with E-state index < -0.39 is 0 Å². The number of pyridine rings is 1. The van der Waals surface area contributed by atoms with Gasteiger partial charge in [0.15, 0.2) is 0 Å². The maximum atomic E-state index is 5.86. The van der Waals surface area contributed by atoms with Crippen molar-refractivity contribution in [1.29, 1.82) is 0 Å². The summed E-state index contributed by atoms with van der Waals surface area (Å²) in [6, 6.07) is 9.25. The highest BCUT2D eigenvalue weighted by Gasteiger charge is 2.06. The lowest BCUT2D eigenvalue weighted by atomic mass is 10.2. The van der Waals surface area contributed by atoms with E-state index in [2.05, 4.69) is 10.3 Å². The first kappa shape index (κ1) is 12.9. The maximum Gasteiger partial charge on any atom is 0.135 e. The van der Waals surface area contributed by atoms with Crippen LogP contribution in [0.3, 0.4) is 0 Å². The van der Waals surface area contributed by atoms with E-state index in [0.717, 1.165) is 29.3 Å². The van der Waals surface area contributed by atoms with Crippen LogP contribution >= 0.6 is 11.6 Å². The zero-order valence-corrected chi connectivity index (χ0v) is 11.2. The van der Waals surface area contributed by atoms with Crippen molar-refractivity contribution in [2.24, 2.45) is 0 Å². The van der Waals surface area contributed by atoms with Gasteiger partial charge in [-0.25, -0.2) is 0 Å². The van der Waals surface area contributed by atoms with Crippen LogP contribution in [0.4, 0.5) is 0 Å². The van der Waals surface area contributed by atoms with Crippen molar-refractivity contribution >= 4 is 11.6 Å². The lowest BCUT2D eigenvalue weighted by Gasteiger charge is -2.11. The number of hydrogen-bond donors (Lipinski definition) is 1. The summed E-state index contributed by atoms with van der Waals surface area (Å²) >= 11 is 5.85. The van der Waals surface area contributed by atoms with E-state index in [1.807, 2.05) is 50.5 Å². The topological polar surface area (TPSA) is 34.2 Å². The highest BCUT2D eigenvalue weighted by atomic mass is 35.5. The van der Waals surface area contributed by atoms with Gasteiger partial charge in [0.25, 0.3) is 0 Å². The molecule has 0 spiro atoms. The van der Waals surface area contributed by atoms with Crippen molar-refractivity contribution in [3.05, 3.63) is 52.8 Å². The first-order chi connectivity index (χ1) is 8.69. The summed E-state index contributed by atoms with van der Waals surface area (Å²) in [6.07, 6.45) is 1.83. The Morgan fingerprint density at radius 1 is 1.28 bits per heavy atom. The fourth-order valence-corrected chi connectivity index (χ4v) is 1.74. The monoisotopic (exact) mass is 262 g/mol. The third kappa shape index (κ3) is 3.22. The van der Waals surface area contributed by atoms with Crippen LogP contribution in [-0.4, -0.2) is 12.0 Å². The molecule has 0 radical (unpaired) electrons. The van der Waals surface area contributed by atoms with Crippen LogP contribution in [-0.2, 0) is 6.54 Å². The second-order valence-electron chi connectivity index (χ2n) is 4.02. The van der Waals surface area contributed by atoms with Gasteiger partial charge in [0.2, 0.25) is 0 Å². The summed E-state index contributed by atoms with van der Waals surface area (Å²) in [5.41, 5.74) is 1.96. The molecule has 2 rings (SSSR count). The standard InChI is InChI=1S/C14H15ClN2O/c1-10-7-14(11(8-16-2)9-17-10)18-13-5-3-12(15)4-6-13/h3-7,9,16H,8H2,1-2H3. The molecule has 0 saturated heterocycles. The van der Waals surface area contributed by atoms with Crippen LogP contribution in [0.5, 0.6) is 11.5 Å². The quantitative estimate of drug-likeness (QED) is 0.915. The SMILES string of the molecule is CNCc1cnc(C)cc1Oc1ccc(Cl)cc1. The van der Waals surface area contributed by atoms with E-state index in [9.17, 15) is 0 Å². The van der Waals surface area contributed by atoms with Gasteiger partial charge in [-0.2, -0.15) is 0 Å². The molecule has 0 amide bonds. The van der Waals surface area contributed by atoms with Gasteiger partial charge in [0, 0.05) is 35.1 Å². The minimum absolute atomic E-state index is 0.698. The van der Waals surface area contributed by atoms with Crippen molar-refractivity contribution in [2.75, 3.05) is 7.05 Å². The number of nitrogens with zero attached hydrogens (tertiary/aromatic N) is 1. The van der Waals surface area contributed by atoms with Gasteiger partial charge in [0.1, 0.15) is 11.5 Å². The Balaban J connectivity index is 2.26. The minimum Gasteiger partial charge on any atom is -0.457 e. The highest BCUT2D eigenvalue weighted by Crippen LogP contribution is 2.26. The number of rotatable bonds is 4. The minimum atomic E-state index is 0.698. The molecule has 0 aliphatic heterocycles. The highest BCUT2D eigenvalue weighted by molar-refractivity contribution is 6.30. The molecule has 1 N–H and O–H groups in total. The largest absolute Gasteiger partial charge is 0.457 e. The maximum absolute atomic E-state index is 5.86. The molecule has 4 heteroatoms. The Kier molecular flexibility index (Phi) is 4.18. The van der Waals surface area contributed by atoms with Crippen LogP contribution < -0.4 is 10.1 Å². The van der Waals surface area contributed by atoms with Crippen molar-refractivity contribution in [3.63, 3.8) is 0 Å². The number of hydrogen-bond acceptors (Lipinski definition) is 3. The number of halogens is 1. The van der Waals surface area contributed by atoms with Crippen molar-refractivity contribution in [2.45, 2.75) is 13.5 Å². The first-order valence-corrected chi connectivity index (χ1v) is 6.10. The second kappa shape index (κ2) is 5.85. The molecular formula is C14H15ClN2O. The van der Waals surface area contributed by atoms with Gasteiger partial charge in [0.05, 0.1) is 0 Å². The Bertz CT molecular complexity index is 526. The predicted molar refractivity (Wildman–Crippen MR) is 73.3 cm³/mol. The van der Waals surface area contributed by atoms with Gasteiger partial charge in [-0.05, 0) is 38.2 Å². The molecule has 0 fully saturated rings. The van der Waals surface area contributed by atoms with Gasteiger partial charge >= 0.3 is 0 Å². The fourth-order valence-electron chi connectivity index (χ4n) is 1.61. The molecule has 1 aromatic heterocycles. The summed E-state index contributed by atoms with van der Waals surface area (Å²) in [5.74, 6) is 1.58. The number of nitrogens with one attached hydrogen (secondary N) is 1. The van der Waals surface area contributed by atoms with E-state index in [-0.39, 0.29) is 0 Å². The van der Waals surface area contributed by atoms with Gasteiger partial charge in [-0.1, -0.05) is 11.6 Å². The molecule has 1 aromatic carbocycles. The Hall–Kier alpha value is -1.58. The van der Waals surface area contributed by atoms with E-state index in [1.54, 1.807) is 0 Å². The molecule has 1 heterocycles. The molecule has 94 valence electrons. The number of aromatic nitrogens is 1. The fraction of sp³-hybridized carbons (Fsp3) is 0.214. The second-order valence-corrected chi connectivity index (χ2v) is 4.46. The average molecular weight is 263 g/mol. The molecule has 2 aromatic rings. The van der Waals surface area contributed by atoms with E-state index >= 15 is 0 Å². The zero-order valence-electron chi connectivity index (χ0n) is 10.4. The van der Waals surface area contributed by atoms with Crippen LogP contribution in [0.2, 0.25) is 5.02 Å². The third-order valence-electron chi connectivity index (χ3n) is 2.49. The van der Waals surface area contributed by atoms with Gasteiger partial charge < -0.3 is 10.1 Å². The first-order valence-electron chi connectivity index (χ1n) is 5.72. The van der Waals surface area contributed by atoms with Crippen molar-refractivity contribution in [1.82, 2.24) is 10.3 Å². The molecular weight excluding hydrogens is 248 g/mol. The van der Waals surface area contributed by atoms with E-state index in [4.69, 9.17) is 16.3 Å². The van der Waals surface area contributed by atoms with Crippen LogP contribution in [0.15, 0.2) is 36.5 Å². The molecule has 0 unspecified atom stereocenters. The molecule has 0 atom stereocenters. The summed E-state index contributed by atoms with van der Waals surface area (Å²) < 4.78 is 5.86. The lowest BCUT2D eigenvalue weighted by Crippen LogP contribution is -2.07. The number of aryl methyl sites for hydroxylation is 1. The molecule has 0 aliphatic carbocycles. The van der Waals surface area contributed by atoms with E-state index in [0.29, 0.717) is 5.02 Å². The Morgan fingerprint density at radius 2 is 2.00 bits per heavy atom. The normalized spacial score (nSPS) is 10.4. The molecule has 0 aliphatic rings. The smallest absolute Gasteiger partial charge is 0.135 e. The van der Waals surface area contributed by atoms with Gasteiger partial charge in [-0.3, -0.25) is 4.98 Å². The van der Waals surface area contributed by atoms with Gasteiger partial charge in [-0.15, -0.1) is 0 Å². The van der Waals surface area contributed by atoms with Crippen molar-refractivity contribution < 1.29 is 4.74 Å².